The van der Waals surface area contributed by atoms with Crippen LogP contribution in [0.3, 0.4) is 0 Å². The molecule has 92 valence electrons. The highest BCUT2D eigenvalue weighted by Gasteiger charge is 2.04. The lowest BCUT2D eigenvalue weighted by atomic mass is 10.1. The highest BCUT2D eigenvalue weighted by molar-refractivity contribution is 8.03. The number of hydrogen-bond acceptors (Lipinski definition) is 3. The van der Waals surface area contributed by atoms with Crippen molar-refractivity contribution in [1.29, 1.82) is 5.26 Å². The van der Waals surface area contributed by atoms with Crippen LogP contribution in [0.5, 0.6) is 5.75 Å². The highest BCUT2D eigenvalue weighted by Crippen LogP contribution is 2.22. The summed E-state index contributed by atoms with van der Waals surface area (Å²) in [6.45, 7) is 4.97. The standard InChI is InChI=1S/C14H19NOS/c1-3-8-16-14-7-6-12(2)10-13(14)5-4-9-17-11-15/h6-7,10H,3-5,8-9H2,1-2H3. The van der Waals surface area contributed by atoms with Crippen molar-refractivity contribution in [1.82, 2.24) is 0 Å². The van der Waals surface area contributed by atoms with E-state index in [2.05, 4.69) is 37.4 Å². The third kappa shape index (κ3) is 5.14. The van der Waals surface area contributed by atoms with E-state index in [4.69, 9.17) is 10.00 Å². The van der Waals surface area contributed by atoms with Crippen LogP contribution < -0.4 is 4.74 Å². The van der Waals surface area contributed by atoms with E-state index in [1.54, 1.807) is 0 Å². The second kappa shape index (κ2) is 8.03. The number of hydrogen-bond donors (Lipinski definition) is 0. The fourth-order valence-electron chi connectivity index (χ4n) is 1.64. The summed E-state index contributed by atoms with van der Waals surface area (Å²) in [6, 6.07) is 6.32. The van der Waals surface area contributed by atoms with Gasteiger partial charge in [0.15, 0.2) is 0 Å². The molecule has 0 aliphatic rings. The molecule has 0 fully saturated rings. The monoisotopic (exact) mass is 249 g/mol. The molecular weight excluding hydrogens is 230 g/mol. The zero-order chi connectivity index (χ0) is 12.5. The smallest absolute Gasteiger partial charge is 0.133 e. The molecular formula is C14H19NOS. The normalized spacial score (nSPS) is 9.94. The van der Waals surface area contributed by atoms with Crippen LogP contribution >= 0.6 is 11.8 Å². The SMILES string of the molecule is CCCOc1ccc(C)cc1CCCSC#N. The minimum absolute atomic E-state index is 0.767. The Balaban J connectivity index is 2.60. The molecule has 0 amide bonds. The Kier molecular flexibility index (Phi) is 6.57. The number of rotatable bonds is 7. The van der Waals surface area contributed by atoms with E-state index in [1.807, 2.05) is 0 Å². The molecule has 0 saturated heterocycles. The van der Waals surface area contributed by atoms with Crippen molar-refractivity contribution in [2.45, 2.75) is 33.1 Å². The number of nitrogens with zero attached hydrogens (tertiary/aromatic N) is 1. The van der Waals surface area contributed by atoms with Gasteiger partial charge in [-0.3, -0.25) is 0 Å². The minimum atomic E-state index is 0.767. The maximum absolute atomic E-state index is 8.47. The van der Waals surface area contributed by atoms with Crippen LogP contribution in [-0.2, 0) is 6.42 Å². The summed E-state index contributed by atoms with van der Waals surface area (Å²) in [6.07, 6.45) is 3.02. The fourth-order valence-corrected chi connectivity index (χ4v) is 2.02. The van der Waals surface area contributed by atoms with Crippen molar-refractivity contribution >= 4 is 11.8 Å². The van der Waals surface area contributed by atoms with Crippen LogP contribution in [0.25, 0.3) is 0 Å². The van der Waals surface area contributed by atoms with E-state index < -0.39 is 0 Å². The summed E-state index contributed by atoms with van der Waals surface area (Å²) in [5, 5.41) is 10.6. The first kappa shape index (κ1) is 13.9. The molecule has 1 aromatic rings. The average molecular weight is 249 g/mol. The number of aryl methyl sites for hydroxylation is 2. The number of thioether (sulfide) groups is 1. The number of ether oxygens (including phenoxy) is 1. The summed E-state index contributed by atoms with van der Waals surface area (Å²) < 4.78 is 5.73. The molecule has 0 radical (unpaired) electrons. The molecule has 3 heteroatoms. The number of nitriles is 1. The molecule has 0 aromatic heterocycles. The van der Waals surface area contributed by atoms with Crippen molar-refractivity contribution in [3.8, 4) is 11.2 Å². The molecule has 0 heterocycles. The van der Waals surface area contributed by atoms with Gasteiger partial charge in [-0.2, -0.15) is 5.26 Å². The molecule has 0 aliphatic carbocycles. The van der Waals surface area contributed by atoms with Crippen LogP contribution in [0.15, 0.2) is 18.2 Å². The molecule has 0 atom stereocenters. The van der Waals surface area contributed by atoms with E-state index in [0.29, 0.717) is 0 Å². The lowest BCUT2D eigenvalue weighted by Gasteiger charge is -2.11. The molecule has 0 bridgehead atoms. The number of benzene rings is 1. The Morgan fingerprint density at radius 2 is 2.24 bits per heavy atom. The first-order valence-electron chi connectivity index (χ1n) is 6.01. The Hall–Kier alpha value is -1.14. The van der Waals surface area contributed by atoms with Crippen LogP contribution in [0.1, 0.15) is 30.9 Å². The van der Waals surface area contributed by atoms with Gasteiger partial charge in [0.1, 0.15) is 11.2 Å². The van der Waals surface area contributed by atoms with Crippen LogP contribution in [0, 0.1) is 17.6 Å². The maximum atomic E-state index is 8.47. The topological polar surface area (TPSA) is 33.0 Å². The summed E-state index contributed by atoms with van der Waals surface area (Å²) in [5.41, 5.74) is 2.52. The molecule has 0 N–H and O–H groups in total. The number of thiocyanates is 1. The average Bonchev–Trinajstić information content (AvgIpc) is 2.33. The van der Waals surface area contributed by atoms with Crippen LogP contribution in [-0.4, -0.2) is 12.4 Å². The Bertz CT molecular complexity index is 384. The fraction of sp³-hybridized carbons (Fsp3) is 0.500. The molecule has 0 spiro atoms. The maximum Gasteiger partial charge on any atom is 0.133 e. The van der Waals surface area contributed by atoms with Gasteiger partial charge in [-0.25, -0.2) is 0 Å². The van der Waals surface area contributed by atoms with Gasteiger partial charge in [0, 0.05) is 5.75 Å². The van der Waals surface area contributed by atoms with Gasteiger partial charge in [0.05, 0.1) is 6.61 Å². The molecule has 2 nitrogen and oxygen atoms in total. The molecule has 0 saturated carbocycles. The summed E-state index contributed by atoms with van der Waals surface area (Å²) >= 11 is 1.32. The zero-order valence-electron chi connectivity index (χ0n) is 10.5. The third-order valence-corrected chi connectivity index (χ3v) is 3.06. The first-order valence-corrected chi connectivity index (χ1v) is 6.99. The van der Waals surface area contributed by atoms with Gasteiger partial charge >= 0.3 is 0 Å². The van der Waals surface area contributed by atoms with Crippen LogP contribution in [0.4, 0.5) is 0 Å². The van der Waals surface area contributed by atoms with E-state index in [0.717, 1.165) is 37.4 Å². The van der Waals surface area contributed by atoms with Gasteiger partial charge < -0.3 is 4.74 Å². The third-order valence-electron chi connectivity index (χ3n) is 2.43. The predicted octanol–water partition coefficient (Wildman–Crippen LogP) is 3.93. The lowest BCUT2D eigenvalue weighted by Crippen LogP contribution is -2.00. The van der Waals surface area contributed by atoms with Crippen molar-refractivity contribution in [3.05, 3.63) is 29.3 Å². The van der Waals surface area contributed by atoms with Gasteiger partial charge in [0.25, 0.3) is 0 Å². The van der Waals surface area contributed by atoms with E-state index in [1.165, 1.54) is 22.9 Å². The first-order chi connectivity index (χ1) is 8.27. The van der Waals surface area contributed by atoms with E-state index in [-0.39, 0.29) is 0 Å². The summed E-state index contributed by atoms with van der Waals surface area (Å²) in [4.78, 5) is 0. The van der Waals surface area contributed by atoms with Crippen molar-refractivity contribution in [2.75, 3.05) is 12.4 Å². The highest BCUT2D eigenvalue weighted by atomic mass is 32.2. The van der Waals surface area contributed by atoms with Crippen molar-refractivity contribution in [2.24, 2.45) is 0 Å². The second-order valence-electron chi connectivity index (χ2n) is 4.00. The Labute approximate surface area is 108 Å². The van der Waals surface area contributed by atoms with Crippen LogP contribution in [0.2, 0.25) is 0 Å². The van der Waals surface area contributed by atoms with Crippen molar-refractivity contribution < 1.29 is 4.74 Å². The predicted molar refractivity (Wildman–Crippen MR) is 73.4 cm³/mol. The summed E-state index contributed by atoms with van der Waals surface area (Å²) in [7, 11) is 0. The minimum Gasteiger partial charge on any atom is -0.493 e. The lowest BCUT2D eigenvalue weighted by molar-refractivity contribution is 0.314. The Morgan fingerprint density at radius 1 is 1.41 bits per heavy atom. The molecule has 0 unspecified atom stereocenters. The van der Waals surface area contributed by atoms with Gasteiger partial charge in [0.2, 0.25) is 0 Å². The second-order valence-corrected chi connectivity index (χ2v) is 4.88. The molecule has 1 aromatic carbocycles. The molecule has 1 rings (SSSR count). The van der Waals surface area contributed by atoms with Gasteiger partial charge in [-0.15, -0.1) is 0 Å². The molecule has 0 aliphatic heterocycles. The van der Waals surface area contributed by atoms with E-state index in [9.17, 15) is 0 Å². The van der Waals surface area contributed by atoms with Crippen molar-refractivity contribution in [3.63, 3.8) is 0 Å². The zero-order valence-corrected chi connectivity index (χ0v) is 11.3. The van der Waals surface area contributed by atoms with Gasteiger partial charge in [-0.05, 0) is 49.6 Å². The summed E-state index contributed by atoms with van der Waals surface area (Å²) in [5.74, 6) is 1.89. The largest absolute Gasteiger partial charge is 0.493 e. The van der Waals surface area contributed by atoms with E-state index >= 15 is 0 Å². The molecule has 17 heavy (non-hydrogen) atoms. The van der Waals surface area contributed by atoms with Gasteiger partial charge in [-0.1, -0.05) is 24.6 Å². The quantitative estimate of drug-likeness (QED) is 0.542. The Morgan fingerprint density at radius 3 is 2.94 bits per heavy atom.